The van der Waals surface area contributed by atoms with Crippen molar-refractivity contribution in [1.82, 2.24) is 4.57 Å². The lowest BCUT2D eigenvalue weighted by Crippen LogP contribution is -2.09. The van der Waals surface area contributed by atoms with E-state index in [4.69, 9.17) is 11.6 Å². The second-order valence-corrected chi connectivity index (χ2v) is 7.24. The van der Waals surface area contributed by atoms with Gasteiger partial charge in [-0.05, 0) is 48.7 Å². The summed E-state index contributed by atoms with van der Waals surface area (Å²) in [6.07, 6.45) is 0. The van der Waals surface area contributed by atoms with Gasteiger partial charge < -0.3 is 9.67 Å². The van der Waals surface area contributed by atoms with Gasteiger partial charge in [0.2, 0.25) is 0 Å². The Hall–Kier alpha value is -2.37. The number of aliphatic carboxylic acids is 1. The van der Waals surface area contributed by atoms with Crippen molar-refractivity contribution in [2.75, 3.05) is 0 Å². The van der Waals surface area contributed by atoms with Crippen LogP contribution in [0.5, 0.6) is 0 Å². The van der Waals surface area contributed by atoms with E-state index in [2.05, 4.69) is 0 Å². The van der Waals surface area contributed by atoms with Crippen molar-refractivity contribution in [3.8, 4) is 11.1 Å². The average Bonchev–Trinajstić information content (AvgIpc) is 3.06. The van der Waals surface area contributed by atoms with Gasteiger partial charge in [0.1, 0.15) is 12.4 Å². The van der Waals surface area contributed by atoms with Crippen molar-refractivity contribution in [1.29, 1.82) is 0 Å². The van der Waals surface area contributed by atoms with Crippen LogP contribution in [0.15, 0.2) is 41.8 Å². The summed E-state index contributed by atoms with van der Waals surface area (Å²) in [5, 5.41) is 13.5. The van der Waals surface area contributed by atoms with Crippen LogP contribution in [0.1, 0.15) is 5.69 Å². The molecule has 0 spiro atoms. The molecular formula is C19H13ClFNO2S. The first-order valence-electron chi connectivity index (χ1n) is 7.63. The first kappa shape index (κ1) is 16.1. The highest BCUT2D eigenvalue weighted by Crippen LogP contribution is 2.41. The predicted octanol–water partition coefficient (Wildman–Crippen LogP) is 5.71. The van der Waals surface area contributed by atoms with Crippen LogP contribution in [0.25, 0.3) is 32.1 Å². The number of aromatic nitrogens is 1. The molecule has 2 heterocycles. The Kier molecular flexibility index (Phi) is 3.78. The third kappa shape index (κ3) is 2.60. The van der Waals surface area contributed by atoms with Crippen LogP contribution < -0.4 is 0 Å². The molecule has 1 N–H and O–H groups in total. The summed E-state index contributed by atoms with van der Waals surface area (Å²) < 4.78 is 16.5. The summed E-state index contributed by atoms with van der Waals surface area (Å²) in [7, 11) is 0. The molecule has 0 aliphatic rings. The molecule has 2 aromatic carbocycles. The van der Waals surface area contributed by atoms with E-state index in [0.717, 1.165) is 37.8 Å². The first-order valence-corrected chi connectivity index (χ1v) is 8.88. The van der Waals surface area contributed by atoms with Gasteiger partial charge in [-0.2, -0.15) is 0 Å². The topological polar surface area (TPSA) is 42.2 Å². The quantitative estimate of drug-likeness (QED) is 0.500. The van der Waals surface area contributed by atoms with E-state index in [0.29, 0.717) is 5.02 Å². The number of hydrogen-bond donors (Lipinski definition) is 1. The molecule has 25 heavy (non-hydrogen) atoms. The van der Waals surface area contributed by atoms with Crippen LogP contribution in [-0.2, 0) is 11.3 Å². The molecule has 0 radical (unpaired) electrons. The molecular weight excluding hydrogens is 361 g/mol. The fourth-order valence-electron chi connectivity index (χ4n) is 3.33. The highest BCUT2D eigenvalue weighted by atomic mass is 35.5. The fraction of sp³-hybridized carbons (Fsp3) is 0.105. The number of carbonyl (C=O) groups is 1. The highest BCUT2D eigenvalue weighted by molar-refractivity contribution is 7.17. The van der Waals surface area contributed by atoms with Crippen LogP contribution in [0.3, 0.4) is 0 Å². The summed E-state index contributed by atoms with van der Waals surface area (Å²) in [6.45, 7) is 1.75. The van der Waals surface area contributed by atoms with Gasteiger partial charge in [0.05, 0.1) is 0 Å². The number of halogens is 2. The number of thiophene rings is 1. The second kappa shape index (κ2) is 5.86. The average molecular weight is 374 g/mol. The fourth-order valence-corrected chi connectivity index (χ4v) is 4.43. The van der Waals surface area contributed by atoms with Gasteiger partial charge >= 0.3 is 5.97 Å². The Morgan fingerprint density at radius 1 is 1.24 bits per heavy atom. The molecule has 0 aliphatic heterocycles. The van der Waals surface area contributed by atoms with Gasteiger partial charge in [-0.15, -0.1) is 11.3 Å². The van der Waals surface area contributed by atoms with Gasteiger partial charge in [-0.1, -0.05) is 11.6 Å². The van der Waals surface area contributed by atoms with E-state index >= 15 is 0 Å². The summed E-state index contributed by atoms with van der Waals surface area (Å²) >= 11 is 7.72. The van der Waals surface area contributed by atoms with Crippen LogP contribution in [0, 0.1) is 12.7 Å². The lowest BCUT2D eigenvalue weighted by molar-refractivity contribution is -0.137. The molecule has 0 saturated carbocycles. The Bertz CT molecular complexity index is 1150. The van der Waals surface area contributed by atoms with Crippen molar-refractivity contribution in [2.24, 2.45) is 0 Å². The van der Waals surface area contributed by atoms with Crippen molar-refractivity contribution in [2.45, 2.75) is 13.5 Å². The van der Waals surface area contributed by atoms with Crippen molar-refractivity contribution in [3.63, 3.8) is 0 Å². The monoisotopic (exact) mass is 373 g/mol. The molecule has 0 amide bonds. The zero-order valence-corrected chi connectivity index (χ0v) is 14.8. The Morgan fingerprint density at radius 3 is 2.80 bits per heavy atom. The zero-order valence-electron chi connectivity index (χ0n) is 13.2. The molecule has 4 rings (SSSR count). The lowest BCUT2D eigenvalue weighted by Gasteiger charge is -2.05. The number of carboxylic acid groups (broad SMARTS) is 1. The lowest BCUT2D eigenvalue weighted by atomic mass is 10.0. The predicted molar refractivity (Wildman–Crippen MR) is 100 cm³/mol. The van der Waals surface area contributed by atoms with Gasteiger partial charge in [0.15, 0.2) is 0 Å². The van der Waals surface area contributed by atoms with Gasteiger partial charge in [-0.3, -0.25) is 4.79 Å². The van der Waals surface area contributed by atoms with Crippen LogP contribution >= 0.6 is 22.9 Å². The molecule has 0 aliphatic carbocycles. The van der Waals surface area contributed by atoms with E-state index in [-0.39, 0.29) is 12.4 Å². The molecule has 0 saturated heterocycles. The van der Waals surface area contributed by atoms with Crippen molar-refractivity contribution < 1.29 is 14.3 Å². The highest BCUT2D eigenvalue weighted by Gasteiger charge is 2.20. The maximum absolute atomic E-state index is 13.8. The van der Waals surface area contributed by atoms with Gasteiger partial charge in [0, 0.05) is 42.8 Å². The Balaban J connectivity index is 2.09. The number of fused-ring (bicyclic) bond motifs is 2. The molecule has 3 nitrogen and oxygen atoms in total. The minimum Gasteiger partial charge on any atom is -0.480 e. The second-order valence-electron chi connectivity index (χ2n) is 5.89. The van der Waals surface area contributed by atoms with Crippen LogP contribution in [0.4, 0.5) is 4.39 Å². The Morgan fingerprint density at radius 2 is 2.04 bits per heavy atom. The molecule has 0 bridgehead atoms. The smallest absolute Gasteiger partial charge is 0.323 e. The van der Waals surface area contributed by atoms with E-state index < -0.39 is 5.97 Å². The molecule has 0 atom stereocenters. The van der Waals surface area contributed by atoms with Crippen molar-refractivity contribution >= 4 is 49.9 Å². The third-order valence-corrected chi connectivity index (χ3v) is 5.58. The third-order valence-electron chi connectivity index (χ3n) is 4.38. The first-order chi connectivity index (χ1) is 12.0. The van der Waals surface area contributed by atoms with E-state index in [1.165, 1.54) is 23.5 Å². The molecule has 6 heteroatoms. The largest absolute Gasteiger partial charge is 0.480 e. The number of carboxylic acids is 1. The van der Waals surface area contributed by atoms with Crippen LogP contribution in [0.2, 0.25) is 5.02 Å². The SMILES string of the molecule is Cc1c(-c2csc3ccc(F)cc23)c2cc(Cl)ccc2n1CC(=O)O. The van der Waals surface area contributed by atoms with Gasteiger partial charge in [0.25, 0.3) is 0 Å². The van der Waals surface area contributed by atoms with Gasteiger partial charge in [-0.25, -0.2) is 4.39 Å². The van der Waals surface area contributed by atoms with Crippen molar-refractivity contribution in [3.05, 3.63) is 58.3 Å². The molecule has 126 valence electrons. The molecule has 0 fully saturated rings. The number of rotatable bonds is 3. The summed E-state index contributed by atoms with van der Waals surface area (Å²) in [5.74, 6) is -1.21. The summed E-state index contributed by atoms with van der Waals surface area (Å²) in [5.41, 5.74) is 3.42. The number of benzene rings is 2. The zero-order chi connectivity index (χ0) is 17.7. The maximum atomic E-state index is 13.8. The molecule has 4 aromatic rings. The number of nitrogens with zero attached hydrogens (tertiary/aromatic N) is 1. The molecule has 2 aromatic heterocycles. The number of hydrogen-bond acceptors (Lipinski definition) is 2. The van der Waals surface area contributed by atoms with Crippen LogP contribution in [-0.4, -0.2) is 15.6 Å². The molecule has 0 unspecified atom stereocenters. The maximum Gasteiger partial charge on any atom is 0.323 e. The summed E-state index contributed by atoms with van der Waals surface area (Å²) in [6, 6.07) is 10.1. The summed E-state index contributed by atoms with van der Waals surface area (Å²) in [4.78, 5) is 11.3. The minimum atomic E-state index is -0.914. The van der Waals surface area contributed by atoms with E-state index in [9.17, 15) is 14.3 Å². The Labute approximate surface area is 151 Å². The van der Waals surface area contributed by atoms with E-state index in [1.54, 1.807) is 16.7 Å². The van der Waals surface area contributed by atoms with E-state index in [1.807, 2.05) is 24.4 Å². The normalized spacial score (nSPS) is 11.5. The standard InChI is InChI=1S/C19H13ClFNO2S/c1-10-19(15-9-25-17-5-3-12(21)7-13(15)17)14-6-11(20)2-4-16(14)22(10)8-18(23)24/h2-7,9H,8H2,1H3,(H,23,24). The minimum absolute atomic E-state index is 0.138.